The van der Waals surface area contributed by atoms with E-state index in [2.05, 4.69) is 10.5 Å². The van der Waals surface area contributed by atoms with Gasteiger partial charge in [0.25, 0.3) is 15.9 Å². The molecule has 3 rings (SSSR count). The van der Waals surface area contributed by atoms with Crippen molar-refractivity contribution < 1.29 is 17.6 Å². The van der Waals surface area contributed by atoms with Gasteiger partial charge in [-0.3, -0.25) is 9.10 Å². The third-order valence-electron chi connectivity index (χ3n) is 4.44. The standard InChI is InChI=1S/C22H18Cl2FN3O3S/c1-15-10-11-16(23)12-21(15)28(32(30,31)17-6-3-2-4-7-17)14-22(29)27-26-13-18-19(24)8-5-9-20(18)25/h2-13H,14H2,1H3,(H,27,29)/b26-13-. The van der Waals surface area contributed by atoms with Gasteiger partial charge < -0.3 is 0 Å². The first-order valence-electron chi connectivity index (χ1n) is 9.30. The lowest BCUT2D eigenvalue weighted by Gasteiger charge is -2.25. The molecule has 0 fully saturated rings. The summed E-state index contributed by atoms with van der Waals surface area (Å²) in [5.74, 6) is -1.36. The Balaban J connectivity index is 1.90. The van der Waals surface area contributed by atoms with E-state index in [1.54, 1.807) is 37.3 Å². The van der Waals surface area contributed by atoms with Gasteiger partial charge in [-0.05, 0) is 48.9 Å². The molecular formula is C22H18Cl2FN3O3S. The van der Waals surface area contributed by atoms with Crippen LogP contribution in [0.5, 0.6) is 0 Å². The van der Waals surface area contributed by atoms with Crippen LogP contribution in [-0.4, -0.2) is 27.1 Å². The van der Waals surface area contributed by atoms with Crippen molar-refractivity contribution in [3.05, 3.63) is 93.7 Å². The minimum Gasteiger partial charge on any atom is -0.271 e. The smallest absolute Gasteiger partial charge is 0.264 e. The van der Waals surface area contributed by atoms with Crippen LogP contribution in [0.4, 0.5) is 10.1 Å². The first-order chi connectivity index (χ1) is 15.2. The van der Waals surface area contributed by atoms with Crippen molar-refractivity contribution in [2.24, 2.45) is 5.10 Å². The molecule has 0 atom stereocenters. The molecule has 10 heteroatoms. The van der Waals surface area contributed by atoms with E-state index in [1.165, 1.54) is 36.4 Å². The number of hydrogen-bond acceptors (Lipinski definition) is 4. The average Bonchev–Trinajstić information content (AvgIpc) is 2.76. The lowest BCUT2D eigenvalue weighted by molar-refractivity contribution is -0.119. The highest BCUT2D eigenvalue weighted by Crippen LogP contribution is 2.29. The Hall–Kier alpha value is -2.94. The molecule has 0 spiro atoms. The third kappa shape index (κ3) is 5.45. The fourth-order valence-corrected chi connectivity index (χ4v) is 4.72. The Morgan fingerprint density at radius 1 is 1.09 bits per heavy atom. The molecule has 0 unspecified atom stereocenters. The van der Waals surface area contributed by atoms with Crippen LogP contribution in [-0.2, 0) is 14.8 Å². The molecule has 1 N–H and O–H groups in total. The minimum atomic E-state index is -4.10. The first-order valence-corrected chi connectivity index (χ1v) is 11.5. The van der Waals surface area contributed by atoms with E-state index in [9.17, 15) is 17.6 Å². The third-order valence-corrected chi connectivity index (χ3v) is 6.78. The maximum Gasteiger partial charge on any atom is 0.264 e. The van der Waals surface area contributed by atoms with Gasteiger partial charge in [-0.1, -0.05) is 53.5 Å². The van der Waals surface area contributed by atoms with Gasteiger partial charge >= 0.3 is 0 Å². The molecule has 0 saturated heterocycles. The van der Waals surface area contributed by atoms with Crippen molar-refractivity contribution in [1.82, 2.24) is 5.43 Å². The molecule has 1 amide bonds. The number of nitrogens with one attached hydrogen (secondary N) is 1. The van der Waals surface area contributed by atoms with Crippen molar-refractivity contribution in [3.63, 3.8) is 0 Å². The number of amides is 1. The lowest BCUT2D eigenvalue weighted by Crippen LogP contribution is -2.40. The van der Waals surface area contributed by atoms with Gasteiger partial charge in [-0.25, -0.2) is 18.2 Å². The van der Waals surface area contributed by atoms with Crippen LogP contribution in [0, 0.1) is 12.7 Å². The van der Waals surface area contributed by atoms with E-state index >= 15 is 0 Å². The molecular weight excluding hydrogens is 476 g/mol. The minimum absolute atomic E-state index is 0.00563. The molecule has 6 nitrogen and oxygen atoms in total. The number of rotatable bonds is 7. The second-order valence-corrected chi connectivity index (χ2v) is 9.39. The summed E-state index contributed by atoms with van der Waals surface area (Å²) in [5, 5.41) is 4.14. The summed E-state index contributed by atoms with van der Waals surface area (Å²) in [5.41, 5.74) is 3.05. The maximum absolute atomic E-state index is 13.8. The van der Waals surface area contributed by atoms with Crippen molar-refractivity contribution in [2.45, 2.75) is 11.8 Å². The normalized spacial score (nSPS) is 11.5. The van der Waals surface area contributed by atoms with Gasteiger partial charge in [0.15, 0.2) is 0 Å². The summed E-state index contributed by atoms with van der Waals surface area (Å²) in [6, 6.07) is 16.6. The number of sulfonamides is 1. The highest BCUT2D eigenvalue weighted by Gasteiger charge is 2.28. The molecule has 3 aromatic carbocycles. The number of carbonyl (C=O) groups excluding carboxylic acids is 1. The van der Waals surface area contributed by atoms with Crippen LogP contribution < -0.4 is 9.73 Å². The van der Waals surface area contributed by atoms with Gasteiger partial charge in [-0.15, -0.1) is 0 Å². The average molecular weight is 494 g/mol. The predicted molar refractivity (Wildman–Crippen MR) is 124 cm³/mol. The summed E-state index contributed by atoms with van der Waals surface area (Å²) in [4.78, 5) is 12.6. The SMILES string of the molecule is Cc1ccc(Cl)cc1N(CC(=O)N/N=C\c1c(F)cccc1Cl)S(=O)(=O)c1ccccc1. The number of hydrogen-bond donors (Lipinski definition) is 1. The second kappa shape index (κ2) is 10.1. The van der Waals surface area contributed by atoms with Crippen LogP contribution >= 0.6 is 23.2 Å². The molecule has 0 bridgehead atoms. The van der Waals surface area contributed by atoms with Crippen molar-refractivity contribution >= 4 is 51.0 Å². The maximum atomic E-state index is 13.8. The molecule has 0 aromatic heterocycles. The summed E-state index contributed by atoms with van der Waals surface area (Å²) < 4.78 is 41.4. The number of nitrogens with zero attached hydrogens (tertiary/aromatic N) is 2. The molecule has 0 aliphatic heterocycles. The zero-order chi connectivity index (χ0) is 23.3. The van der Waals surface area contributed by atoms with E-state index in [4.69, 9.17) is 23.2 Å². The van der Waals surface area contributed by atoms with Gasteiger partial charge in [0, 0.05) is 10.6 Å². The van der Waals surface area contributed by atoms with Gasteiger partial charge in [0.2, 0.25) is 0 Å². The number of carbonyl (C=O) groups is 1. The topological polar surface area (TPSA) is 78.8 Å². The van der Waals surface area contributed by atoms with E-state index in [0.29, 0.717) is 10.6 Å². The zero-order valence-corrected chi connectivity index (χ0v) is 19.1. The summed E-state index contributed by atoms with van der Waals surface area (Å²) >= 11 is 12.0. The Morgan fingerprint density at radius 3 is 2.50 bits per heavy atom. The first kappa shape index (κ1) is 23.7. The van der Waals surface area contributed by atoms with Crippen LogP contribution in [0.25, 0.3) is 0 Å². The number of hydrazone groups is 1. The van der Waals surface area contributed by atoms with Crippen molar-refractivity contribution in [1.29, 1.82) is 0 Å². The molecule has 0 saturated carbocycles. The summed E-state index contributed by atoms with van der Waals surface area (Å²) in [6.07, 6.45) is 1.05. The van der Waals surface area contributed by atoms with Crippen LogP contribution in [0.3, 0.4) is 0 Å². The van der Waals surface area contributed by atoms with Gasteiger partial charge in [0.1, 0.15) is 12.4 Å². The molecule has 3 aromatic rings. The Morgan fingerprint density at radius 2 is 1.81 bits per heavy atom. The largest absolute Gasteiger partial charge is 0.271 e. The van der Waals surface area contributed by atoms with E-state index in [-0.39, 0.29) is 21.2 Å². The van der Waals surface area contributed by atoms with Crippen LogP contribution in [0.1, 0.15) is 11.1 Å². The molecule has 32 heavy (non-hydrogen) atoms. The van der Waals surface area contributed by atoms with E-state index in [1.807, 2.05) is 0 Å². The van der Waals surface area contributed by atoms with Crippen LogP contribution in [0.2, 0.25) is 10.0 Å². The quantitative estimate of drug-likeness (QED) is 0.379. The fourth-order valence-electron chi connectivity index (χ4n) is 2.84. The monoisotopic (exact) mass is 493 g/mol. The number of benzene rings is 3. The molecule has 0 aliphatic rings. The second-order valence-electron chi connectivity index (χ2n) is 6.68. The zero-order valence-electron chi connectivity index (χ0n) is 16.8. The Labute approximate surface area is 195 Å². The van der Waals surface area contributed by atoms with Crippen molar-refractivity contribution in [3.8, 4) is 0 Å². The number of halogens is 3. The molecule has 166 valence electrons. The lowest BCUT2D eigenvalue weighted by atomic mass is 10.2. The van der Waals surface area contributed by atoms with E-state index in [0.717, 1.165) is 10.5 Å². The number of anilines is 1. The summed E-state index contributed by atoms with van der Waals surface area (Å²) in [7, 11) is -4.10. The van der Waals surface area contributed by atoms with E-state index < -0.39 is 28.3 Å². The molecule has 0 aliphatic carbocycles. The van der Waals surface area contributed by atoms with Crippen molar-refractivity contribution in [2.75, 3.05) is 10.8 Å². The highest BCUT2D eigenvalue weighted by molar-refractivity contribution is 7.92. The fraction of sp³-hybridized carbons (Fsp3) is 0.0909. The number of aryl methyl sites for hydroxylation is 1. The Kier molecular flexibility index (Phi) is 7.50. The van der Waals surface area contributed by atoms with Crippen LogP contribution in [0.15, 0.2) is 76.7 Å². The summed E-state index contributed by atoms with van der Waals surface area (Å²) in [6.45, 7) is 1.12. The van der Waals surface area contributed by atoms with Gasteiger partial charge in [-0.2, -0.15) is 5.10 Å². The molecule has 0 heterocycles. The highest BCUT2D eigenvalue weighted by atomic mass is 35.5. The predicted octanol–water partition coefficient (Wildman–Crippen LogP) is 4.79. The molecule has 0 radical (unpaired) electrons. The van der Waals surface area contributed by atoms with Gasteiger partial charge in [0.05, 0.1) is 21.8 Å². The Bertz CT molecular complexity index is 1250.